The third-order valence-corrected chi connectivity index (χ3v) is 2.91. The summed E-state index contributed by atoms with van der Waals surface area (Å²) in [5.41, 5.74) is 0.968. The zero-order valence-electron chi connectivity index (χ0n) is 11.8. The molecule has 0 saturated carbocycles. The minimum absolute atomic E-state index is 0.619. The number of hydrogen-bond donors (Lipinski definition) is 1. The van der Waals surface area contributed by atoms with Crippen LogP contribution in [0.4, 0.5) is 0 Å². The topological polar surface area (TPSA) is 46.1 Å². The first-order chi connectivity index (χ1) is 9.22. The van der Waals surface area contributed by atoms with Crippen molar-refractivity contribution < 1.29 is 9.47 Å². The molecule has 5 heteroatoms. The monoisotopic (exact) mass is 263 g/mol. The Hall–Kier alpha value is -1.75. The van der Waals surface area contributed by atoms with E-state index in [2.05, 4.69) is 15.2 Å². The highest BCUT2D eigenvalue weighted by Crippen LogP contribution is 2.31. The second-order valence-electron chi connectivity index (χ2n) is 4.65. The van der Waals surface area contributed by atoms with Crippen LogP contribution < -0.4 is 14.8 Å². The number of aliphatic imine (C=N–C) groups is 1. The number of amidine groups is 1. The molecule has 0 spiro atoms. The quantitative estimate of drug-likeness (QED) is 0.831. The molecule has 1 aliphatic heterocycles. The van der Waals surface area contributed by atoms with Crippen molar-refractivity contribution in [3.8, 4) is 11.5 Å². The van der Waals surface area contributed by atoms with Gasteiger partial charge in [-0.1, -0.05) is 6.07 Å². The molecule has 0 radical (unpaired) electrons. The third-order valence-electron chi connectivity index (χ3n) is 2.91. The van der Waals surface area contributed by atoms with Crippen LogP contribution in [0.1, 0.15) is 5.56 Å². The van der Waals surface area contributed by atoms with Crippen LogP contribution in [0.3, 0.4) is 0 Å². The van der Waals surface area contributed by atoms with Crippen LogP contribution in [0.5, 0.6) is 11.5 Å². The summed E-state index contributed by atoms with van der Waals surface area (Å²) in [6.45, 7) is 3.17. The number of benzene rings is 1. The van der Waals surface area contributed by atoms with Gasteiger partial charge in [0.05, 0.1) is 19.2 Å². The van der Waals surface area contributed by atoms with Gasteiger partial charge >= 0.3 is 0 Å². The Bertz CT molecular complexity index is 458. The zero-order valence-corrected chi connectivity index (χ0v) is 11.8. The number of ether oxygens (including phenoxy) is 2. The van der Waals surface area contributed by atoms with Crippen molar-refractivity contribution in [2.75, 3.05) is 47.4 Å². The molecule has 1 aromatic carbocycles. The van der Waals surface area contributed by atoms with Crippen LogP contribution in [0.25, 0.3) is 0 Å². The summed E-state index contributed by atoms with van der Waals surface area (Å²) >= 11 is 0. The molecule has 0 fully saturated rings. The van der Waals surface area contributed by atoms with Gasteiger partial charge in [0.2, 0.25) is 0 Å². The van der Waals surface area contributed by atoms with E-state index in [0.29, 0.717) is 6.61 Å². The summed E-state index contributed by atoms with van der Waals surface area (Å²) < 4.78 is 11.3. The van der Waals surface area contributed by atoms with Gasteiger partial charge in [-0.25, -0.2) is 0 Å². The molecule has 0 amide bonds. The van der Waals surface area contributed by atoms with Gasteiger partial charge in [-0.2, -0.15) is 0 Å². The van der Waals surface area contributed by atoms with Crippen molar-refractivity contribution in [3.63, 3.8) is 0 Å². The fourth-order valence-corrected chi connectivity index (χ4v) is 1.92. The molecule has 0 atom stereocenters. The molecule has 0 aliphatic carbocycles. The Morgan fingerprint density at radius 1 is 1.37 bits per heavy atom. The second-order valence-corrected chi connectivity index (χ2v) is 4.65. The summed E-state index contributed by atoms with van der Waals surface area (Å²) in [7, 11) is 5.70. The molecule has 0 aromatic heterocycles. The maximum Gasteiger partial charge on any atom is 0.172 e. The summed E-state index contributed by atoms with van der Waals surface area (Å²) in [6, 6.07) is 5.87. The van der Waals surface area contributed by atoms with Crippen LogP contribution in [-0.2, 0) is 0 Å². The average molecular weight is 263 g/mol. The molecular formula is C14H21N3O2. The molecule has 0 bridgehead atoms. The Labute approximate surface area is 114 Å². The van der Waals surface area contributed by atoms with E-state index in [1.54, 1.807) is 7.11 Å². The molecule has 2 rings (SSSR count). The van der Waals surface area contributed by atoms with Gasteiger partial charge in [-0.05, 0) is 26.2 Å². The number of methoxy groups -OCH3 is 1. The van der Waals surface area contributed by atoms with E-state index >= 15 is 0 Å². The van der Waals surface area contributed by atoms with E-state index in [1.165, 1.54) is 0 Å². The van der Waals surface area contributed by atoms with E-state index in [1.807, 2.05) is 32.3 Å². The van der Waals surface area contributed by atoms with Crippen molar-refractivity contribution in [1.29, 1.82) is 0 Å². The maximum absolute atomic E-state index is 5.89. The second kappa shape index (κ2) is 6.43. The standard InChI is InChI=1S/C14H21N3O2/c1-17(2)9-10-19-13-11(14-15-7-8-16-14)5-4-6-12(13)18-3/h4-6H,7-10H2,1-3H3,(H,15,16). The van der Waals surface area contributed by atoms with Gasteiger partial charge in [0.15, 0.2) is 11.5 Å². The third kappa shape index (κ3) is 3.38. The first-order valence-corrected chi connectivity index (χ1v) is 6.45. The van der Waals surface area contributed by atoms with Gasteiger partial charge in [0, 0.05) is 13.1 Å². The number of likely N-dealkylation sites (N-methyl/N-ethyl adjacent to an activating group) is 1. The Morgan fingerprint density at radius 3 is 2.84 bits per heavy atom. The van der Waals surface area contributed by atoms with Gasteiger partial charge in [-0.3, -0.25) is 4.99 Å². The van der Waals surface area contributed by atoms with Crippen LogP contribution >= 0.6 is 0 Å². The van der Waals surface area contributed by atoms with Crippen molar-refractivity contribution in [1.82, 2.24) is 10.2 Å². The Balaban J connectivity index is 2.21. The van der Waals surface area contributed by atoms with Crippen molar-refractivity contribution >= 4 is 5.84 Å². The molecule has 1 heterocycles. The minimum Gasteiger partial charge on any atom is -0.493 e. The number of para-hydroxylation sites is 1. The van der Waals surface area contributed by atoms with Gasteiger partial charge in [0.25, 0.3) is 0 Å². The number of nitrogens with zero attached hydrogens (tertiary/aromatic N) is 2. The maximum atomic E-state index is 5.89. The molecule has 1 N–H and O–H groups in total. The lowest BCUT2D eigenvalue weighted by Gasteiger charge is -2.16. The van der Waals surface area contributed by atoms with E-state index in [4.69, 9.17) is 9.47 Å². The predicted molar refractivity (Wildman–Crippen MR) is 76.4 cm³/mol. The number of nitrogens with one attached hydrogen (secondary N) is 1. The highest BCUT2D eigenvalue weighted by Gasteiger charge is 2.17. The van der Waals surface area contributed by atoms with Crippen molar-refractivity contribution in [2.45, 2.75) is 0 Å². The van der Waals surface area contributed by atoms with Crippen LogP contribution in [0, 0.1) is 0 Å². The van der Waals surface area contributed by atoms with Crippen LogP contribution in [0.2, 0.25) is 0 Å². The highest BCUT2D eigenvalue weighted by atomic mass is 16.5. The molecule has 0 unspecified atom stereocenters. The van der Waals surface area contributed by atoms with Crippen molar-refractivity contribution in [3.05, 3.63) is 23.8 Å². The van der Waals surface area contributed by atoms with E-state index in [-0.39, 0.29) is 0 Å². The lowest BCUT2D eigenvalue weighted by molar-refractivity contribution is 0.250. The van der Waals surface area contributed by atoms with Gasteiger partial charge < -0.3 is 19.7 Å². The zero-order chi connectivity index (χ0) is 13.7. The SMILES string of the molecule is COc1cccc(C2=NCCN2)c1OCCN(C)C. The summed E-state index contributed by atoms with van der Waals surface area (Å²) in [6.07, 6.45) is 0. The molecule has 5 nitrogen and oxygen atoms in total. The van der Waals surface area contributed by atoms with Crippen LogP contribution in [0.15, 0.2) is 23.2 Å². The first kappa shape index (κ1) is 13.7. The summed E-state index contributed by atoms with van der Waals surface area (Å²) in [4.78, 5) is 6.53. The molecule has 1 aromatic rings. The van der Waals surface area contributed by atoms with Gasteiger partial charge in [-0.15, -0.1) is 0 Å². The average Bonchev–Trinajstić information content (AvgIpc) is 2.92. The minimum atomic E-state index is 0.619. The Morgan fingerprint density at radius 2 is 2.21 bits per heavy atom. The fraction of sp³-hybridized carbons (Fsp3) is 0.500. The van der Waals surface area contributed by atoms with E-state index < -0.39 is 0 Å². The number of rotatable bonds is 6. The smallest absolute Gasteiger partial charge is 0.172 e. The fourth-order valence-electron chi connectivity index (χ4n) is 1.92. The summed E-state index contributed by atoms with van der Waals surface area (Å²) in [5, 5.41) is 3.27. The molecule has 1 aliphatic rings. The van der Waals surface area contributed by atoms with E-state index in [0.717, 1.165) is 42.5 Å². The normalized spacial score (nSPS) is 14.2. The largest absolute Gasteiger partial charge is 0.493 e. The van der Waals surface area contributed by atoms with E-state index in [9.17, 15) is 0 Å². The van der Waals surface area contributed by atoms with Gasteiger partial charge in [0.1, 0.15) is 12.4 Å². The first-order valence-electron chi connectivity index (χ1n) is 6.45. The molecular weight excluding hydrogens is 242 g/mol. The predicted octanol–water partition coefficient (Wildman–Crippen LogP) is 0.985. The lowest BCUT2D eigenvalue weighted by atomic mass is 10.1. The molecule has 0 saturated heterocycles. The molecule has 19 heavy (non-hydrogen) atoms. The lowest BCUT2D eigenvalue weighted by Crippen LogP contribution is -2.23. The van der Waals surface area contributed by atoms with Crippen LogP contribution in [-0.4, -0.2) is 58.2 Å². The van der Waals surface area contributed by atoms with Crippen molar-refractivity contribution in [2.24, 2.45) is 4.99 Å². The Kier molecular flexibility index (Phi) is 4.63. The highest BCUT2D eigenvalue weighted by molar-refractivity contribution is 6.02. The summed E-state index contributed by atoms with van der Waals surface area (Å²) in [5.74, 6) is 2.39. The number of hydrogen-bond acceptors (Lipinski definition) is 5. The molecule has 104 valence electrons.